The van der Waals surface area contributed by atoms with Crippen molar-refractivity contribution in [1.82, 2.24) is 9.36 Å². The van der Waals surface area contributed by atoms with Gasteiger partial charge in [0.2, 0.25) is 10.3 Å². The summed E-state index contributed by atoms with van der Waals surface area (Å²) in [5.41, 5.74) is 0.236. The zero-order chi connectivity index (χ0) is 23.1. The van der Waals surface area contributed by atoms with Crippen LogP contribution in [0.25, 0.3) is 6.08 Å². The molecule has 0 saturated carbocycles. The lowest BCUT2D eigenvalue weighted by Gasteiger charge is -2.11. The molecule has 1 aromatic carbocycles. The molecule has 0 saturated heterocycles. The second-order valence-corrected chi connectivity index (χ2v) is 9.18. The van der Waals surface area contributed by atoms with E-state index in [-0.39, 0.29) is 22.1 Å². The summed E-state index contributed by atoms with van der Waals surface area (Å²) in [7, 11) is 1.39. The van der Waals surface area contributed by atoms with Gasteiger partial charge in [-0.3, -0.25) is 10.1 Å². The Labute approximate surface area is 201 Å². The molecule has 2 aromatic heterocycles. The summed E-state index contributed by atoms with van der Waals surface area (Å²) in [5.74, 6) is -0.188. The summed E-state index contributed by atoms with van der Waals surface area (Å²) < 4.78 is 14.8. The second-order valence-electron chi connectivity index (χ2n) is 5.84. The van der Waals surface area contributed by atoms with Crippen LogP contribution in [0, 0.1) is 11.3 Å². The molecule has 1 amide bonds. The van der Waals surface area contributed by atoms with Gasteiger partial charge in [-0.2, -0.15) is 14.6 Å². The van der Waals surface area contributed by atoms with E-state index in [1.165, 1.54) is 48.4 Å². The van der Waals surface area contributed by atoms with Gasteiger partial charge in [0.1, 0.15) is 16.5 Å². The van der Waals surface area contributed by atoms with E-state index in [2.05, 4.69) is 14.7 Å². The number of anilines is 1. The average molecular weight is 507 g/mol. The third kappa shape index (κ3) is 5.86. The number of esters is 1. The number of hydrogen-bond donors (Lipinski definition) is 1. The van der Waals surface area contributed by atoms with Crippen LogP contribution in [-0.4, -0.2) is 34.1 Å². The Bertz CT molecular complexity index is 1200. The van der Waals surface area contributed by atoms with E-state index in [4.69, 9.17) is 21.1 Å². The van der Waals surface area contributed by atoms with E-state index in [1.807, 2.05) is 13.0 Å². The Morgan fingerprint density at radius 3 is 2.88 bits per heavy atom. The van der Waals surface area contributed by atoms with E-state index in [9.17, 15) is 14.9 Å². The number of aromatic nitrogens is 2. The van der Waals surface area contributed by atoms with Crippen LogP contribution in [0.2, 0.25) is 5.02 Å². The number of carbonyl (C=O) groups is 2. The van der Waals surface area contributed by atoms with Crippen molar-refractivity contribution in [2.75, 3.05) is 18.2 Å². The fourth-order valence-corrected chi connectivity index (χ4v) is 4.51. The molecule has 164 valence electrons. The molecule has 0 aliphatic heterocycles. The summed E-state index contributed by atoms with van der Waals surface area (Å²) in [5, 5.41) is 14.7. The van der Waals surface area contributed by atoms with Gasteiger partial charge in [-0.05, 0) is 41.0 Å². The van der Waals surface area contributed by atoms with Gasteiger partial charge >= 0.3 is 5.97 Å². The number of thioether (sulfide) groups is 1. The van der Waals surface area contributed by atoms with Crippen molar-refractivity contribution in [3.05, 3.63) is 50.7 Å². The Morgan fingerprint density at radius 2 is 2.22 bits per heavy atom. The highest BCUT2D eigenvalue weighted by atomic mass is 35.5. The highest BCUT2D eigenvalue weighted by Crippen LogP contribution is 2.37. The van der Waals surface area contributed by atoms with Crippen molar-refractivity contribution >= 4 is 69.3 Å². The standard InChI is InChI=1S/C20H15ClN4O4S3/c1-3-30-20-24-19(32-25-20)23-17(26)12(10-22)7-11-8-13(21)16(14(9-11)28-2)29-18(27)15-5-4-6-31-15/h4-9H,3H2,1-2H3,(H,23,24,25,26)/b12-7-. The van der Waals surface area contributed by atoms with E-state index in [1.54, 1.807) is 17.5 Å². The van der Waals surface area contributed by atoms with Gasteiger partial charge in [-0.15, -0.1) is 11.3 Å². The van der Waals surface area contributed by atoms with Crippen LogP contribution in [0.5, 0.6) is 11.5 Å². The van der Waals surface area contributed by atoms with Gasteiger partial charge in [0, 0.05) is 11.5 Å². The van der Waals surface area contributed by atoms with Crippen LogP contribution >= 0.6 is 46.2 Å². The fourth-order valence-electron chi connectivity index (χ4n) is 2.39. The zero-order valence-electron chi connectivity index (χ0n) is 16.7. The molecule has 0 unspecified atom stereocenters. The van der Waals surface area contributed by atoms with Crippen molar-refractivity contribution in [2.45, 2.75) is 12.1 Å². The quantitative estimate of drug-likeness (QED) is 0.147. The Morgan fingerprint density at radius 1 is 1.41 bits per heavy atom. The predicted molar refractivity (Wildman–Crippen MR) is 126 cm³/mol. The molecule has 32 heavy (non-hydrogen) atoms. The first kappa shape index (κ1) is 23.7. The number of nitrogens with one attached hydrogen (secondary N) is 1. The molecule has 8 nitrogen and oxygen atoms in total. The van der Waals surface area contributed by atoms with E-state index < -0.39 is 11.9 Å². The Kier molecular flexibility index (Phi) is 8.24. The highest BCUT2D eigenvalue weighted by molar-refractivity contribution is 7.99. The topological polar surface area (TPSA) is 114 Å². The molecular weight excluding hydrogens is 492 g/mol. The molecule has 0 fully saturated rings. The monoisotopic (exact) mass is 506 g/mol. The van der Waals surface area contributed by atoms with Crippen LogP contribution in [0.15, 0.2) is 40.4 Å². The maximum absolute atomic E-state index is 12.5. The van der Waals surface area contributed by atoms with Crippen molar-refractivity contribution < 1.29 is 19.1 Å². The van der Waals surface area contributed by atoms with Crippen LogP contribution in [-0.2, 0) is 4.79 Å². The number of methoxy groups -OCH3 is 1. The van der Waals surface area contributed by atoms with Crippen LogP contribution < -0.4 is 14.8 Å². The zero-order valence-corrected chi connectivity index (χ0v) is 20.0. The maximum Gasteiger partial charge on any atom is 0.353 e. The van der Waals surface area contributed by atoms with Gasteiger partial charge in [-0.25, -0.2) is 4.79 Å². The number of thiophene rings is 1. The normalized spacial score (nSPS) is 11.0. The molecule has 0 aliphatic rings. The molecule has 0 radical (unpaired) electrons. The summed E-state index contributed by atoms with van der Waals surface area (Å²) in [6.45, 7) is 1.97. The SMILES string of the molecule is CCSc1nsc(NC(=O)/C(C#N)=C\c2cc(Cl)c(OC(=O)c3cccs3)c(OC)c2)n1. The average Bonchev–Trinajstić information content (AvgIpc) is 3.46. The van der Waals surface area contributed by atoms with Crippen molar-refractivity contribution in [1.29, 1.82) is 5.26 Å². The minimum Gasteiger partial charge on any atom is -0.493 e. The van der Waals surface area contributed by atoms with E-state index >= 15 is 0 Å². The van der Waals surface area contributed by atoms with Crippen molar-refractivity contribution in [2.24, 2.45) is 0 Å². The number of ether oxygens (including phenoxy) is 2. The molecule has 0 bridgehead atoms. The van der Waals surface area contributed by atoms with E-state index in [0.717, 1.165) is 17.3 Å². The molecule has 3 rings (SSSR count). The largest absolute Gasteiger partial charge is 0.493 e. The molecule has 2 heterocycles. The number of hydrogen-bond acceptors (Lipinski definition) is 10. The van der Waals surface area contributed by atoms with Crippen LogP contribution in [0.1, 0.15) is 22.2 Å². The molecule has 3 aromatic rings. The van der Waals surface area contributed by atoms with Gasteiger partial charge in [-0.1, -0.05) is 36.4 Å². The first-order valence-electron chi connectivity index (χ1n) is 8.98. The summed E-state index contributed by atoms with van der Waals surface area (Å²) in [6.07, 6.45) is 1.34. The fraction of sp³-hybridized carbons (Fsp3) is 0.150. The Balaban J connectivity index is 1.82. The molecule has 0 spiro atoms. The lowest BCUT2D eigenvalue weighted by atomic mass is 10.1. The van der Waals surface area contributed by atoms with Gasteiger partial charge in [0.05, 0.1) is 12.1 Å². The number of amides is 1. The van der Waals surface area contributed by atoms with Gasteiger partial charge < -0.3 is 9.47 Å². The van der Waals surface area contributed by atoms with Crippen molar-refractivity contribution in [3.63, 3.8) is 0 Å². The maximum atomic E-state index is 12.5. The lowest BCUT2D eigenvalue weighted by Crippen LogP contribution is -2.13. The molecule has 12 heteroatoms. The molecule has 0 atom stereocenters. The summed E-state index contributed by atoms with van der Waals surface area (Å²) in [6, 6.07) is 8.19. The predicted octanol–water partition coefficient (Wildman–Crippen LogP) is 5.14. The minimum absolute atomic E-state index is 0.0440. The first-order valence-corrected chi connectivity index (χ1v) is 12.0. The number of carbonyl (C=O) groups excluding carboxylic acids is 2. The van der Waals surface area contributed by atoms with Crippen LogP contribution in [0.3, 0.4) is 0 Å². The second kappa shape index (κ2) is 11.1. The number of halogens is 1. The lowest BCUT2D eigenvalue weighted by molar-refractivity contribution is -0.112. The number of rotatable bonds is 8. The summed E-state index contributed by atoms with van der Waals surface area (Å²) >= 11 is 10.0. The number of benzene rings is 1. The smallest absolute Gasteiger partial charge is 0.353 e. The molecule has 1 N–H and O–H groups in total. The van der Waals surface area contributed by atoms with Gasteiger partial charge in [0.15, 0.2) is 11.5 Å². The van der Waals surface area contributed by atoms with E-state index in [0.29, 0.717) is 20.7 Å². The number of nitriles is 1. The molecular formula is C20H15ClN4O4S3. The highest BCUT2D eigenvalue weighted by Gasteiger charge is 2.19. The number of nitrogens with zero attached hydrogens (tertiary/aromatic N) is 3. The Hall–Kier alpha value is -2.91. The first-order chi connectivity index (χ1) is 15.4. The minimum atomic E-state index is -0.639. The third-order valence-electron chi connectivity index (χ3n) is 3.75. The third-order valence-corrected chi connectivity index (χ3v) is 6.35. The van der Waals surface area contributed by atoms with Crippen LogP contribution in [0.4, 0.5) is 5.13 Å². The van der Waals surface area contributed by atoms with Crippen molar-refractivity contribution in [3.8, 4) is 17.6 Å². The molecule has 0 aliphatic carbocycles. The summed E-state index contributed by atoms with van der Waals surface area (Å²) in [4.78, 5) is 29.3. The van der Waals surface area contributed by atoms with Gasteiger partial charge in [0.25, 0.3) is 5.91 Å².